The van der Waals surface area contributed by atoms with Crippen molar-refractivity contribution in [2.45, 2.75) is 39.5 Å². The lowest BCUT2D eigenvalue weighted by Crippen LogP contribution is -2.33. The number of carbonyl (C=O) groups excluding carboxylic acids is 1. The first kappa shape index (κ1) is 18.2. The van der Waals surface area contributed by atoms with Crippen molar-refractivity contribution in [2.24, 2.45) is 0 Å². The van der Waals surface area contributed by atoms with Crippen LogP contribution in [0.4, 0.5) is 5.69 Å². The van der Waals surface area contributed by atoms with Crippen molar-refractivity contribution in [2.75, 3.05) is 18.0 Å². The van der Waals surface area contributed by atoms with E-state index in [-0.39, 0.29) is 0 Å². The Morgan fingerprint density at radius 1 is 1.30 bits per heavy atom. The number of rotatable bonds is 5. The Kier molecular flexibility index (Phi) is 4.99. The number of benzene rings is 1. The molecule has 6 nitrogen and oxygen atoms in total. The SMILES string of the molecule is Cc1cn2c(C(O)NCc3cccc(N4CCC(=O)CC4)c3)c(C)nc2s1. The molecule has 1 aliphatic heterocycles. The summed E-state index contributed by atoms with van der Waals surface area (Å²) in [6.07, 6.45) is 2.47. The van der Waals surface area contributed by atoms with Crippen LogP contribution < -0.4 is 10.2 Å². The topological polar surface area (TPSA) is 69.9 Å². The molecule has 0 spiro atoms. The minimum atomic E-state index is -0.787. The monoisotopic (exact) mass is 384 g/mol. The van der Waals surface area contributed by atoms with Gasteiger partial charge in [0, 0.05) is 49.2 Å². The molecular weight excluding hydrogens is 360 g/mol. The Morgan fingerprint density at radius 2 is 2.07 bits per heavy atom. The summed E-state index contributed by atoms with van der Waals surface area (Å²) in [6.45, 7) is 6.08. The molecule has 2 aromatic heterocycles. The molecule has 3 heterocycles. The van der Waals surface area contributed by atoms with Gasteiger partial charge in [-0.25, -0.2) is 4.98 Å². The molecule has 4 rings (SSSR count). The van der Waals surface area contributed by atoms with E-state index in [0.29, 0.717) is 25.2 Å². The highest BCUT2D eigenvalue weighted by atomic mass is 32.1. The standard InChI is InChI=1S/C20H24N4O2S/c1-13-12-24-18(14(2)22-20(24)27-13)19(26)21-11-15-4-3-5-16(10-15)23-8-6-17(25)7-9-23/h3-5,10,12,19,21,26H,6-9,11H2,1-2H3. The number of ketones is 1. The van der Waals surface area contributed by atoms with Gasteiger partial charge in [0.15, 0.2) is 4.96 Å². The first-order valence-corrected chi connectivity index (χ1v) is 10.0. The lowest BCUT2D eigenvalue weighted by atomic mass is 10.1. The Bertz CT molecular complexity index is 968. The van der Waals surface area contributed by atoms with Gasteiger partial charge < -0.3 is 10.0 Å². The molecule has 142 valence electrons. The number of hydrogen-bond acceptors (Lipinski definition) is 6. The fraction of sp³-hybridized carbons (Fsp3) is 0.400. The Morgan fingerprint density at radius 3 is 2.85 bits per heavy atom. The number of fused-ring (bicyclic) bond motifs is 1. The summed E-state index contributed by atoms with van der Waals surface area (Å²) >= 11 is 1.62. The second kappa shape index (κ2) is 7.42. The third-order valence-electron chi connectivity index (χ3n) is 5.02. The van der Waals surface area contributed by atoms with Gasteiger partial charge in [0.25, 0.3) is 0 Å². The number of aliphatic hydroxyl groups is 1. The number of hydrogen-bond donors (Lipinski definition) is 2. The number of thiazole rings is 1. The average molecular weight is 385 g/mol. The molecular formula is C20H24N4O2S. The van der Waals surface area contributed by atoms with Gasteiger partial charge in [-0.15, -0.1) is 11.3 Å². The number of aromatic nitrogens is 2. The van der Waals surface area contributed by atoms with Crippen LogP contribution in [0.15, 0.2) is 30.5 Å². The molecule has 0 saturated carbocycles. The highest BCUT2D eigenvalue weighted by molar-refractivity contribution is 7.17. The van der Waals surface area contributed by atoms with Gasteiger partial charge in [0.05, 0.1) is 11.4 Å². The van der Waals surface area contributed by atoms with Gasteiger partial charge in [-0.1, -0.05) is 12.1 Å². The molecule has 1 atom stereocenters. The van der Waals surface area contributed by atoms with Crippen LogP contribution in [0, 0.1) is 13.8 Å². The molecule has 3 aromatic rings. The second-order valence-corrected chi connectivity index (χ2v) is 8.27. The molecule has 2 N–H and O–H groups in total. The zero-order valence-corrected chi connectivity index (χ0v) is 16.4. The highest BCUT2D eigenvalue weighted by Gasteiger charge is 2.19. The van der Waals surface area contributed by atoms with Crippen molar-refractivity contribution in [3.63, 3.8) is 0 Å². The van der Waals surface area contributed by atoms with Crippen molar-refractivity contribution in [1.29, 1.82) is 0 Å². The molecule has 0 aliphatic carbocycles. The first-order valence-electron chi connectivity index (χ1n) is 9.23. The maximum Gasteiger partial charge on any atom is 0.194 e. The van der Waals surface area contributed by atoms with Crippen LogP contribution in [0.25, 0.3) is 4.96 Å². The summed E-state index contributed by atoms with van der Waals surface area (Å²) < 4.78 is 1.97. The Hall–Kier alpha value is -2.22. The van der Waals surface area contributed by atoms with Gasteiger partial charge in [0.2, 0.25) is 0 Å². The molecule has 1 aliphatic rings. The number of aliphatic hydroxyl groups excluding tert-OH is 1. The maximum atomic E-state index is 11.4. The summed E-state index contributed by atoms with van der Waals surface area (Å²) in [5.41, 5.74) is 3.86. The van der Waals surface area contributed by atoms with E-state index in [2.05, 4.69) is 27.3 Å². The number of nitrogens with one attached hydrogen (secondary N) is 1. The quantitative estimate of drug-likeness (QED) is 0.662. The number of nitrogens with zero attached hydrogens (tertiary/aromatic N) is 3. The fourth-order valence-corrected chi connectivity index (χ4v) is 4.48. The summed E-state index contributed by atoms with van der Waals surface area (Å²) in [7, 11) is 0. The fourth-order valence-electron chi connectivity index (χ4n) is 3.60. The molecule has 7 heteroatoms. The molecule has 0 bridgehead atoms. The predicted molar refractivity (Wildman–Crippen MR) is 107 cm³/mol. The highest BCUT2D eigenvalue weighted by Crippen LogP contribution is 2.25. The third-order valence-corrected chi connectivity index (χ3v) is 5.92. The second-order valence-electron chi connectivity index (χ2n) is 7.06. The number of imidazole rings is 1. The maximum absolute atomic E-state index is 11.4. The predicted octanol–water partition coefficient (Wildman–Crippen LogP) is 2.96. The van der Waals surface area contributed by atoms with Crippen molar-refractivity contribution in [1.82, 2.24) is 14.7 Å². The first-order chi connectivity index (χ1) is 13.0. The van der Waals surface area contributed by atoms with Crippen LogP contribution in [0.5, 0.6) is 0 Å². The minimum Gasteiger partial charge on any atom is -0.373 e. The number of Topliss-reactive ketones (excluding diaryl/α,β-unsaturated/α-hetero) is 1. The number of anilines is 1. The van der Waals surface area contributed by atoms with E-state index in [1.165, 1.54) is 4.88 Å². The van der Waals surface area contributed by atoms with Crippen LogP contribution in [-0.4, -0.2) is 33.4 Å². The van der Waals surface area contributed by atoms with E-state index < -0.39 is 6.23 Å². The van der Waals surface area contributed by atoms with Crippen LogP contribution in [0.2, 0.25) is 0 Å². The molecule has 1 unspecified atom stereocenters. The van der Waals surface area contributed by atoms with Crippen molar-refractivity contribution >= 4 is 27.8 Å². The number of carbonyl (C=O) groups is 1. The van der Waals surface area contributed by atoms with Gasteiger partial charge >= 0.3 is 0 Å². The lowest BCUT2D eigenvalue weighted by Gasteiger charge is -2.28. The van der Waals surface area contributed by atoms with Gasteiger partial charge in [-0.3, -0.25) is 14.5 Å². The van der Waals surface area contributed by atoms with E-state index >= 15 is 0 Å². The van der Waals surface area contributed by atoms with Gasteiger partial charge in [0.1, 0.15) is 12.0 Å². The van der Waals surface area contributed by atoms with Crippen molar-refractivity contribution < 1.29 is 9.90 Å². The summed E-state index contributed by atoms with van der Waals surface area (Å²) in [5.74, 6) is 0.346. The van der Waals surface area contributed by atoms with Crippen molar-refractivity contribution in [3.8, 4) is 0 Å². The number of aryl methyl sites for hydroxylation is 2. The minimum absolute atomic E-state index is 0.346. The summed E-state index contributed by atoms with van der Waals surface area (Å²) in [5, 5.41) is 13.9. The summed E-state index contributed by atoms with van der Waals surface area (Å²) in [4.78, 5) is 20.3. The molecule has 1 saturated heterocycles. The summed E-state index contributed by atoms with van der Waals surface area (Å²) in [6, 6.07) is 8.28. The number of piperidine rings is 1. The van der Waals surface area contributed by atoms with E-state index in [1.807, 2.05) is 36.6 Å². The van der Waals surface area contributed by atoms with Crippen LogP contribution in [-0.2, 0) is 11.3 Å². The van der Waals surface area contributed by atoms with Gasteiger partial charge in [-0.2, -0.15) is 0 Å². The zero-order valence-electron chi connectivity index (χ0n) is 15.6. The lowest BCUT2D eigenvalue weighted by molar-refractivity contribution is -0.119. The van der Waals surface area contributed by atoms with Crippen LogP contribution in [0.3, 0.4) is 0 Å². The van der Waals surface area contributed by atoms with Crippen LogP contribution in [0.1, 0.15) is 40.9 Å². The normalized spacial score (nSPS) is 16.3. The zero-order chi connectivity index (χ0) is 19.0. The van der Waals surface area contributed by atoms with E-state index in [1.54, 1.807) is 11.3 Å². The van der Waals surface area contributed by atoms with E-state index in [4.69, 9.17) is 0 Å². The van der Waals surface area contributed by atoms with Crippen molar-refractivity contribution in [3.05, 3.63) is 52.3 Å². The Balaban J connectivity index is 1.46. The third kappa shape index (κ3) is 3.76. The molecule has 0 radical (unpaired) electrons. The average Bonchev–Trinajstić information content (AvgIpc) is 3.14. The van der Waals surface area contributed by atoms with Crippen LogP contribution >= 0.6 is 11.3 Å². The van der Waals surface area contributed by atoms with E-state index in [9.17, 15) is 9.90 Å². The molecule has 1 aromatic carbocycles. The molecule has 27 heavy (non-hydrogen) atoms. The van der Waals surface area contributed by atoms with E-state index in [0.717, 1.165) is 40.7 Å². The van der Waals surface area contributed by atoms with Gasteiger partial charge in [-0.05, 0) is 31.5 Å². The molecule has 1 fully saturated rings. The Labute approximate surface area is 162 Å². The largest absolute Gasteiger partial charge is 0.373 e. The smallest absolute Gasteiger partial charge is 0.194 e. The molecule has 0 amide bonds.